The minimum Gasteiger partial charge on any atom is -0.388 e. The van der Waals surface area contributed by atoms with Crippen LogP contribution < -0.4 is 0 Å². The van der Waals surface area contributed by atoms with Crippen molar-refractivity contribution >= 4 is 22.4 Å². The van der Waals surface area contributed by atoms with E-state index in [4.69, 9.17) is 11.6 Å². The van der Waals surface area contributed by atoms with E-state index in [1.807, 2.05) is 24.3 Å². The van der Waals surface area contributed by atoms with Gasteiger partial charge in [0.15, 0.2) is 0 Å². The lowest BCUT2D eigenvalue weighted by Crippen LogP contribution is -2.04. The summed E-state index contributed by atoms with van der Waals surface area (Å²) in [6.07, 6.45) is 2.84. The summed E-state index contributed by atoms with van der Waals surface area (Å²) in [4.78, 5) is 4.15. The summed E-state index contributed by atoms with van der Waals surface area (Å²) in [7, 11) is 0. The van der Waals surface area contributed by atoms with E-state index in [0.29, 0.717) is 16.1 Å². The molecular formula is C17H13ClFNO. The van der Waals surface area contributed by atoms with E-state index in [-0.39, 0.29) is 12.2 Å². The Morgan fingerprint density at radius 2 is 1.95 bits per heavy atom. The molecule has 1 heterocycles. The zero-order chi connectivity index (χ0) is 14.8. The highest BCUT2D eigenvalue weighted by atomic mass is 35.5. The highest BCUT2D eigenvalue weighted by molar-refractivity contribution is 6.31. The molecule has 3 aromatic rings. The molecule has 1 atom stereocenters. The highest BCUT2D eigenvalue weighted by Crippen LogP contribution is 2.28. The van der Waals surface area contributed by atoms with Gasteiger partial charge in [0.1, 0.15) is 5.82 Å². The molecule has 0 aliphatic carbocycles. The lowest BCUT2D eigenvalue weighted by atomic mass is 9.98. The maximum Gasteiger partial charge on any atom is 0.123 e. The lowest BCUT2D eigenvalue weighted by molar-refractivity contribution is 0.179. The first-order chi connectivity index (χ1) is 10.1. The minimum absolute atomic E-state index is 0.242. The fourth-order valence-electron chi connectivity index (χ4n) is 2.42. The van der Waals surface area contributed by atoms with Crippen molar-refractivity contribution in [1.29, 1.82) is 0 Å². The maximum atomic E-state index is 13.3. The van der Waals surface area contributed by atoms with Gasteiger partial charge < -0.3 is 5.11 Å². The van der Waals surface area contributed by atoms with Gasteiger partial charge in [-0.2, -0.15) is 0 Å². The van der Waals surface area contributed by atoms with Gasteiger partial charge in [-0.1, -0.05) is 35.9 Å². The average Bonchev–Trinajstić information content (AvgIpc) is 2.50. The molecule has 0 amide bonds. The molecular weight excluding hydrogens is 289 g/mol. The van der Waals surface area contributed by atoms with Crippen molar-refractivity contribution in [1.82, 2.24) is 4.98 Å². The van der Waals surface area contributed by atoms with Gasteiger partial charge in [0.2, 0.25) is 0 Å². The molecule has 0 saturated carbocycles. The van der Waals surface area contributed by atoms with Gasteiger partial charge in [-0.05, 0) is 29.1 Å². The van der Waals surface area contributed by atoms with E-state index in [9.17, 15) is 9.50 Å². The number of aliphatic hydroxyl groups is 1. The summed E-state index contributed by atoms with van der Waals surface area (Å²) < 4.78 is 13.3. The molecule has 0 aliphatic heterocycles. The number of nitrogens with zero attached hydrogens (tertiary/aromatic N) is 1. The molecule has 1 unspecified atom stereocenters. The van der Waals surface area contributed by atoms with E-state index in [1.54, 1.807) is 12.4 Å². The Morgan fingerprint density at radius 1 is 1.14 bits per heavy atom. The molecule has 2 nitrogen and oxygen atoms in total. The van der Waals surface area contributed by atoms with Gasteiger partial charge in [-0.3, -0.25) is 4.98 Å². The van der Waals surface area contributed by atoms with Gasteiger partial charge in [-0.25, -0.2) is 4.39 Å². The fraction of sp³-hybridized carbons (Fsp3) is 0.118. The molecule has 1 N–H and O–H groups in total. The number of halogens is 2. The van der Waals surface area contributed by atoms with E-state index in [2.05, 4.69) is 4.98 Å². The van der Waals surface area contributed by atoms with Crippen LogP contribution in [0.25, 0.3) is 10.8 Å². The first-order valence-corrected chi connectivity index (χ1v) is 6.97. The van der Waals surface area contributed by atoms with Crippen molar-refractivity contribution in [3.8, 4) is 0 Å². The summed E-state index contributed by atoms with van der Waals surface area (Å²) in [5.41, 5.74) is 1.30. The zero-order valence-corrected chi connectivity index (χ0v) is 11.9. The number of pyridine rings is 1. The predicted molar refractivity (Wildman–Crippen MR) is 81.8 cm³/mol. The van der Waals surface area contributed by atoms with Crippen molar-refractivity contribution in [2.45, 2.75) is 12.5 Å². The van der Waals surface area contributed by atoms with Gasteiger partial charge in [0.25, 0.3) is 0 Å². The lowest BCUT2D eigenvalue weighted by Gasteiger charge is -2.14. The summed E-state index contributed by atoms with van der Waals surface area (Å²) in [5.74, 6) is -0.363. The Kier molecular flexibility index (Phi) is 3.86. The molecule has 21 heavy (non-hydrogen) atoms. The Morgan fingerprint density at radius 3 is 2.81 bits per heavy atom. The number of benzene rings is 2. The molecule has 0 fully saturated rings. The van der Waals surface area contributed by atoms with Crippen molar-refractivity contribution in [2.75, 3.05) is 0 Å². The maximum absolute atomic E-state index is 13.3. The van der Waals surface area contributed by atoms with Crippen LogP contribution in [0.4, 0.5) is 4.39 Å². The number of hydrogen-bond acceptors (Lipinski definition) is 2. The fourth-order valence-corrected chi connectivity index (χ4v) is 2.62. The smallest absolute Gasteiger partial charge is 0.123 e. The van der Waals surface area contributed by atoms with Crippen molar-refractivity contribution in [2.24, 2.45) is 0 Å². The van der Waals surface area contributed by atoms with E-state index in [1.165, 1.54) is 18.2 Å². The minimum atomic E-state index is -0.789. The standard InChI is InChI=1S/C17H13ClFNO/c18-16-6-5-13(19)7-12(16)8-17(21)15-10-20-9-11-3-1-2-4-14(11)15/h1-7,9-10,17,21H,8H2. The number of aromatic nitrogens is 1. The van der Waals surface area contributed by atoms with Crippen LogP contribution in [-0.4, -0.2) is 10.1 Å². The largest absolute Gasteiger partial charge is 0.388 e. The third-order valence-corrected chi connectivity index (χ3v) is 3.85. The SMILES string of the molecule is OC(Cc1cc(F)ccc1Cl)c1cncc2ccccc12. The molecule has 0 radical (unpaired) electrons. The topological polar surface area (TPSA) is 33.1 Å². The van der Waals surface area contributed by atoms with Gasteiger partial charge in [0.05, 0.1) is 6.10 Å². The summed E-state index contributed by atoms with van der Waals surface area (Å²) in [5, 5.41) is 12.8. The van der Waals surface area contributed by atoms with Crippen LogP contribution >= 0.6 is 11.6 Å². The first-order valence-electron chi connectivity index (χ1n) is 6.60. The molecule has 4 heteroatoms. The molecule has 106 valence electrons. The average molecular weight is 302 g/mol. The first kappa shape index (κ1) is 14.0. The molecule has 0 bridgehead atoms. The molecule has 0 saturated heterocycles. The van der Waals surface area contributed by atoms with Crippen LogP contribution in [0.2, 0.25) is 5.02 Å². The highest BCUT2D eigenvalue weighted by Gasteiger charge is 2.14. The predicted octanol–water partition coefficient (Wildman–Crippen LogP) is 4.30. The van der Waals surface area contributed by atoms with E-state index < -0.39 is 6.10 Å². The summed E-state index contributed by atoms with van der Waals surface area (Å²) in [6.45, 7) is 0. The monoisotopic (exact) mass is 301 g/mol. The van der Waals surface area contributed by atoms with Crippen LogP contribution in [0, 0.1) is 5.82 Å². The van der Waals surface area contributed by atoms with Gasteiger partial charge in [-0.15, -0.1) is 0 Å². The van der Waals surface area contributed by atoms with Crippen molar-refractivity contribution in [3.63, 3.8) is 0 Å². The van der Waals surface area contributed by atoms with Crippen LogP contribution in [-0.2, 0) is 6.42 Å². The third-order valence-electron chi connectivity index (χ3n) is 3.48. The zero-order valence-electron chi connectivity index (χ0n) is 11.1. The number of hydrogen-bond donors (Lipinski definition) is 1. The van der Waals surface area contributed by atoms with Crippen molar-refractivity contribution in [3.05, 3.63) is 76.8 Å². The summed E-state index contributed by atoms with van der Waals surface area (Å²) >= 11 is 6.05. The van der Waals surface area contributed by atoms with Gasteiger partial charge in [0, 0.05) is 34.8 Å². The van der Waals surface area contributed by atoms with E-state index in [0.717, 1.165) is 10.8 Å². The van der Waals surface area contributed by atoms with Crippen LogP contribution in [0.15, 0.2) is 54.9 Å². The second-order valence-corrected chi connectivity index (χ2v) is 5.31. The Labute approximate surface area is 126 Å². The molecule has 2 aromatic carbocycles. The quantitative estimate of drug-likeness (QED) is 0.782. The molecule has 3 rings (SSSR count). The van der Waals surface area contributed by atoms with Crippen LogP contribution in [0.1, 0.15) is 17.2 Å². The Balaban J connectivity index is 1.97. The Bertz CT molecular complexity index is 785. The number of fused-ring (bicyclic) bond motifs is 1. The van der Waals surface area contributed by atoms with Crippen molar-refractivity contribution < 1.29 is 9.50 Å². The summed E-state index contributed by atoms with van der Waals surface area (Å²) in [6, 6.07) is 11.9. The van der Waals surface area contributed by atoms with Gasteiger partial charge >= 0.3 is 0 Å². The second kappa shape index (κ2) is 5.80. The normalized spacial score (nSPS) is 12.5. The number of aliphatic hydroxyl groups excluding tert-OH is 1. The second-order valence-electron chi connectivity index (χ2n) is 4.91. The van der Waals surface area contributed by atoms with Crippen LogP contribution in [0.5, 0.6) is 0 Å². The molecule has 0 aliphatic rings. The number of rotatable bonds is 3. The third kappa shape index (κ3) is 2.89. The Hall–Kier alpha value is -1.97. The molecule has 0 spiro atoms. The van der Waals surface area contributed by atoms with Crippen LogP contribution in [0.3, 0.4) is 0 Å². The molecule has 1 aromatic heterocycles. The van der Waals surface area contributed by atoms with E-state index >= 15 is 0 Å².